The number of carbonyl (C=O) groups is 1. The van der Waals surface area contributed by atoms with Crippen LogP contribution in [0.15, 0.2) is 72.8 Å². The van der Waals surface area contributed by atoms with Crippen LogP contribution < -0.4 is 15.5 Å². The second kappa shape index (κ2) is 10.1. The number of nitrogens with zero attached hydrogens (tertiary/aromatic N) is 3. The summed E-state index contributed by atoms with van der Waals surface area (Å²) < 4.78 is 0. The molecule has 4 aromatic rings. The Morgan fingerprint density at radius 3 is 2.33 bits per heavy atom. The van der Waals surface area contributed by atoms with Crippen LogP contribution in [0.4, 0.5) is 23.0 Å². The summed E-state index contributed by atoms with van der Waals surface area (Å²) in [6.07, 6.45) is 0.329. The van der Waals surface area contributed by atoms with E-state index >= 15 is 0 Å². The molecule has 3 aromatic carbocycles. The van der Waals surface area contributed by atoms with Gasteiger partial charge in [-0.3, -0.25) is 4.79 Å². The quantitative estimate of drug-likeness (QED) is 0.368. The van der Waals surface area contributed by atoms with Gasteiger partial charge in [0.25, 0.3) is 0 Å². The smallest absolute Gasteiger partial charge is 0.228 e. The molecule has 0 saturated carbocycles. The van der Waals surface area contributed by atoms with E-state index in [1.54, 1.807) is 0 Å². The van der Waals surface area contributed by atoms with Crippen LogP contribution in [0.3, 0.4) is 0 Å². The molecule has 168 valence electrons. The van der Waals surface area contributed by atoms with E-state index in [0.717, 1.165) is 58.3 Å². The van der Waals surface area contributed by atoms with Gasteiger partial charge in [-0.05, 0) is 61.4 Å². The second-order valence-electron chi connectivity index (χ2n) is 7.90. The molecule has 0 fully saturated rings. The maximum absolute atomic E-state index is 12.6. The van der Waals surface area contributed by atoms with Gasteiger partial charge in [-0.15, -0.1) is 0 Å². The number of fused-ring (bicyclic) bond motifs is 1. The molecule has 6 nitrogen and oxygen atoms in total. The van der Waals surface area contributed by atoms with E-state index in [0.29, 0.717) is 6.42 Å². The van der Waals surface area contributed by atoms with Crippen LogP contribution in [0.1, 0.15) is 25.2 Å². The van der Waals surface area contributed by atoms with Crippen molar-refractivity contribution in [3.05, 3.63) is 84.2 Å². The molecule has 0 saturated heterocycles. The molecule has 33 heavy (non-hydrogen) atoms. The average Bonchev–Trinajstić information content (AvgIpc) is 2.81. The number of anilines is 4. The topological polar surface area (TPSA) is 70.2 Å². The Balaban J connectivity index is 1.42. The fraction of sp³-hybridized carbons (Fsp3) is 0.222. The molecule has 0 atom stereocenters. The Morgan fingerprint density at radius 2 is 1.58 bits per heavy atom. The zero-order valence-corrected chi connectivity index (χ0v) is 19.3. The molecule has 2 N–H and O–H groups in total. The largest absolute Gasteiger partial charge is 0.357 e. The van der Waals surface area contributed by atoms with Crippen molar-refractivity contribution in [3.63, 3.8) is 0 Å². The zero-order chi connectivity index (χ0) is 23.2. The third-order valence-electron chi connectivity index (χ3n) is 5.58. The van der Waals surface area contributed by atoms with Crippen molar-refractivity contribution in [2.24, 2.45) is 0 Å². The van der Waals surface area contributed by atoms with Crippen LogP contribution in [-0.4, -0.2) is 29.0 Å². The Kier molecular flexibility index (Phi) is 6.83. The highest BCUT2D eigenvalue weighted by Crippen LogP contribution is 2.22. The van der Waals surface area contributed by atoms with Crippen molar-refractivity contribution >= 4 is 39.7 Å². The zero-order valence-electron chi connectivity index (χ0n) is 19.3. The summed E-state index contributed by atoms with van der Waals surface area (Å²) in [5.41, 5.74) is 2.67. The van der Waals surface area contributed by atoms with Gasteiger partial charge in [0.1, 0.15) is 17.5 Å². The second-order valence-corrected chi connectivity index (χ2v) is 7.90. The maximum Gasteiger partial charge on any atom is 0.228 e. The van der Waals surface area contributed by atoms with Crippen molar-refractivity contribution in [1.82, 2.24) is 9.97 Å². The van der Waals surface area contributed by atoms with Crippen molar-refractivity contribution in [1.29, 1.82) is 0 Å². The van der Waals surface area contributed by atoms with Crippen LogP contribution >= 0.6 is 0 Å². The Morgan fingerprint density at radius 1 is 0.879 bits per heavy atom. The summed E-state index contributed by atoms with van der Waals surface area (Å²) in [5.74, 6) is 2.34. The van der Waals surface area contributed by atoms with Crippen LogP contribution in [0, 0.1) is 6.92 Å². The summed E-state index contributed by atoms with van der Waals surface area (Å²) in [5, 5.41) is 8.58. The molecule has 0 aliphatic heterocycles. The monoisotopic (exact) mass is 439 g/mol. The van der Waals surface area contributed by atoms with Gasteiger partial charge in [0, 0.05) is 30.5 Å². The van der Waals surface area contributed by atoms with E-state index in [1.165, 1.54) is 0 Å². The molecule has 1 aromatic heterocycles. The van der Waals surface area contributed by atoms with E-state index in [1.807, 2.05) is 61.5 Å². The number of hydrogen-bond acceptors (Lipinski definition) is 5. The fourth-order valence-corrected chi connectivity index (χ4v) is 3.94. The van der Waals surface area contributed by atoms with Crippen LogP contribution in [0.5, 0.6) is 0 Å². The highest BCUT2D eigenvalue weighted by molar-refractivity contribution is 5.96. The lowest BCUT2D eigenvalue weighted by Gasteiger charge is -2.20. The predicted octanol–water partition coefficient (Wildman–Crippen LogP) is 5.71. The average molecular weight is 440 g/mol. The van der Waals surface area contributed by atoms with Gasteiger partial charge >= 0.3 is 0 Å². The first-order valence-electron chi connectivity index (χ1n) is 11.3. The molecule has 0 aliphatic rings. The summed E-state index contributed by atoms with van der Waals surface area (Å²) in [6.45, 7) is 7.90. The molecule has 1 heterocycles. The highest BCUT2D eigenvalue weighted by Gasteiger charge is 2.09. The standard InChI is InChI=1S/C27H29N5O/c1-4-32(5-2)26-18-25(28-19(3)29-26)30-22-13-15-23(16-14-22)31-27(33)17-21-11-8-10-20-9-6-7-12-24(20)21/h6-16,18H,4-5,17H2,1-3H3,(H,31,33)(H,28,29,30). The van der Waals surface area contributed by atoms with Gasteiger partial charge < -0.3 is 15.5 Å². The van der Waals surface area contributed by atoms with Gasteiger partial charge in [0.2, 0.25) is 5.91 Å². The lowest BCUT2D eigenvalue weighted by Crippen LogP contribution is -2.23. The molecule has 0 bridgehead atoms. The third-order valence-corrected chi connectivity index (χ3v) is 5.58. The summed E-state index contributed by atoms with van der Waals surface area (Å²) in [7, 11) is 0. The first kappa shape index (κ1) is 22.3. The number of amides is 1. The summed E-state index contributed by atoms with van der Waals surface area (Å²) in [6, 6.07) is 23.8. The number of benzene rings is 3. The molecule has 0 aliphatic carbocycles. The lowest BCUT2D eigenvalue weighted by molar-refractivity contribution is -0.115. The van der Waals surface area contributed by atoms with Crippen molar-refractivity contribution in [3.8, 4) is 0 Å². The van der Waals surface area contributed by atoms with Crippen LogP contribution in [0.25, 0.3) is 10.8 Å². The van der Waals surface area contributed by atoms with Gasteiger partial charge in [-0.25, -0.2) is 9.97 Å². The van der Waals surface area contributed by atoms with E-state index in [9.17, 15) is 4.79 Å². The molecule has 0 unspecified atom stereocenters. The maximum atomic E-state index is 12.6. The number of rotatable bonds is 8. The Hall–Kier alpha value is -3.93. The number of aryl methyl sites for hydroxylation is 1. The Labute approximate surface area is 194 Å². The van der Waals surface area contributed by atoms with Gasteiger partial charge in [-0.1, -0.05) is 42.5 Å². The van der Waals surface area contributed by atoms with Gasteiger partial charge in [-0.2, -0.15) is 0 Å². The number of carbonyl (C=O) groups excluding carboxylic acids is 1. The van der Waals surface area contributed by atoms with E-state index in [4.69, 9.17) is 0 Å². The summed E-state index contributed by atoms with van der Waals surface area (Å²) in [4.78, 5) is 23.9. The molecule has 0 spiro atoms. The minimum Gasteiger partial charge on any atom is -0.357 e. The minimum absolute atomic E-state index is 0.0395. The molecule has 6 heteroatoms. The van der Waals surface area contributed by atoms with E-state index in [-0.39, 0.29) is 5.91 Å². The summed E-state index contributed by atoms with van der Waals surface area (Å²) >= 11 is 0. The lowest BCUT2D eigenvalue weighted by atomic mass is 10.0. The Bertz CT molecular complexity index is 1240. The van der Waals surface area contributed by atoms with Gasteiger partial charge in [0.15, 0.2) is 0 Å². The molecular formula is C27H29N5O. The first-order valence-corrected chi connectivity index (χ1v) is 11.3. The van der Waals surface area contributed by atoms with Crippen LogP contribution in [-0.2, 0) is 11.2 Å². The molecule has 4 rings (SSSR count). The normalized spacial score (nSPS) is 10.8. The third kappa shape index (κ3) is 5.47. The van der Waals surface area contributed by atoms with Crippen molar-refractivity contribution in [2.45, 2.75) is 27.2 Å². The van der Waals surface area contributed by atoms with E-state index < -0.39 is 0 Å². The predicted molar refractivity (Wildman–Crippen MR) is 136 cm³/mol. The first-order chi connectivity index (χ1) is 16.1. The number of nitrogens with one attached hydrogen (secondary N) is 2. The van der Waals surface area contributed by atoms with Crippen molar-refractivity contribution in [2.75, 3.05) is 28.6 Å². The molecule has 0 radical (unpaired) electrons. The number of aromatic nitrogens is 2. The fourth-order valence-electron chi connectivity index (χ4n) is 3.94. The number of hydrogen-bond donors (Lipinski definition) is 2. The van der Waals surface area contributed by atoms with Crippen molar-refractivity contribution < 1.29 is 4.79 Å². The van der Waals surface area contributed by atoms with Gasteiger partial charge in [0.05, 0.1) is 6.42 Å². The SMILES string of the molecule is CCN(CC)c1cc(Nc2ccc(NC(=O)Cc3cccc4ccccc34)cc2)nc(C)n1. The highest BCUT2D eigenvalue weighted by atomic mass is 16.1. The molecular weight excluding hydrogens is 410 g/mol. The molecule has 1 amide bonds. The minimum atomic E-state index is -0.0395. The van der Waals surface area contributed by atoms with E-state index in [2.05, 4.69) is 57.5 Å². The van der Waals surface area contributed by atoms with Crippen LogP contribution in [0.2, 0.25) is 0 Å².